The van der Waals surface area contributed by atoms with E-state index in [0.29, 0.717) is 18.2 Å². The number of benzene rings is 1. The van der Waals surface area contributed by atoms with Gasteiger partial charge < -0.3 is 14.7 Å². The minimum absolute atomic E-state index is 0.331. The zero-order valence-electron chi connectivity index (χ0n) is 11.9. The number of hydrogen-bond donors (Lipinski definition) is 1. The first-order valence-electron chi connectivity index (χ1n) is 6.65. The van der Waals surface area contributed by atoms with E-state index in [1.165, 1.54) is 0 Å². The van der Waals surface area contributed by atoms with Gasteiger partial charge in [0, 0.05) is 19.2 Å². The Morgan fingerprint density at radius 2 is 2.11 bits per heavy atom. The maximum atomic E-state index is 11.1. The number of carboxylic acid groups (broad SMARTS) is 1. The molecular formula is C15H23NO3. The second-order valence-electron chi connectivity index (χ2n) is 4.70. The lowest BCUT2D eigenvalue weighted by Gasteiger charge is -2.24. The molecule has 0 amide bonds. The standard InChI is InChI=1S/C15H23NO3/c1-4-19-11-12(2)16(3)10-9-13-7-5-6-8-14(13)15(17)18/h5-8,12H,4,9-11H2,1-3H3,(H,17,18). The van der Waals surface area contributed by atoms with Crippen molar-refractivity contribution in [1.82, 2.24) is 4.90 Å². The molecule has 4 heteroatoms. The van der Waals surface area contributed by atoms with E-state index in [2.05, 4.69) is 11.8 Å². The minimum Gasteiger partial charge on any atom is -0.478 e. The zero-order chi connectivity index (χ0) is 14.3. The van der Waals surface area contributed by atoms with E-state index in [9.17, 15) is 4.79 Å². The average Bonchev–Trinajstić information content (AvgIpc) is 2.42. The fourth-order valence-electron chi connectivity index (χ4n) is 1.88. The fraction of sp³-hybridized carbons (Fsp3) is 0.533. The van der Waals surface area contributed by atoms with Crippen molar-refractivity contribution in [2.24, 2.45) is 0 Å². The summed E-state index contributed by atoms with van der Waals surface area (Å²) in [6, 6.07) is 7.50. The summed E-state index contributed by atoms with van der Waals surface area (Å²) in [4.78, 5) is 13.3. The third-order valence-electron chi connectivity index (χ3n) is 3.30. The predicted molar refractivity (Wildman–Crippen MR) is 75.7 cm³/mol. The second kappa shape index (κ2) is 7.92. The predicted octanol–water partition coefficient (Wildman–Crippen LogP) is 2.28. The zero-order valence-corrected chi connectivity index (χ0v) is 11.9. The highest BCUT2D eigenvalue weighted by Gasteiger charge is 2.12. The monoisotopic (exact) mass is 265 g/mol. The van der Waals surface area contributed by atoms with Gasteiger partial charge in [-0.05, 0) is 38.9 Å². The molecule has 1 atom stereocenters. The normalized spacial score (nSPS) is 12.6. The van der Waals surface area contributed by atoms with Gasteiger partial charge in [0.15, 0.2) is 0 Å². The summed E-state index contributed by atoms with van der Waals surface area (Å²) in [7, 11) is 2.03. The Balaban J connectivity index is 2.54. The largest absolute Gasteiger partial charge is 0.478 e. The van der Waals surface area contributed by atoms with Gasteiger partial charge >= 0.3 is 5.97 Å². The van der Waals surface area contributed by atoms with Crippen LogP contribution in [0.4, 0.5) is 0 Å². The average molecular weight is 265 g/mol. The summed E-state index contributed by atoms with van der Waals surface area (Å²) >= 11 is 0. The molecule has 0 spiro atoms. The van der Waals surface area contributed by atoms with Crippen LogP contribution in [0.15, 0.2) is 24.3 Å². The molecule has 0 saturated heterocycles. The van der Waals surface area contributed by atoms with E-state index >= 15 is 0 Å². The van der Waals surface area contributed by atoms with Crippen molar-refractivity contribution >= 4 is 5.97 Å². The second-order valence-corrected chi connectivity index (χ2v) is 4.70. The molecule has 0 aliphatic carbocycles. The van der Waals surface area contributed by atoms with E-state index in [1.807, 2.05) is 26.1 Å². The van der Waals surface area contributed by atoms with Gasteiger partial charge in [-0.3, -0.25) is 0 Å². The Bertz CT molecular complexity index is 406. The van der Waals surface area contributed by atoms with Gasteiger partial charge in [0.2, 0.25) is 0 Å². The number of likely N-dealkylation sites (N-methyl/N-ethyl adjacent to an activating group) is 1. The Kier molecular flexibility index (Phi) is 6.53. The molecule has 0 aliphatic rings. The van der Waals surface area contributed by atoms with Crippen molar-refractivity contribution in [3.63, 3.8) is 0 Å². The summed E-state index contributed by atoms with van der Waals surface area (Å²) in [6.45, 7) is 6.33. The van der Waals surface area contributed by atoms with Gasteiger partial charge in [-0.25, -0.2) is 4.79 Å². The molecule has 106 valence electrons. The number of carbonyl (C=O) groups is 1. The quantitative estimate of drug-likeness (QED) is 0.783. The molecule has 1 aromatic carbocycles. The number of rotatable bonds is 8. The number of ether oxygens (including phenoxy) is 1. The lowest BCUT2D eigenvalue weighted by atomic mass is 10.0. The van der Waals surface area contributed by atoms with Crippen LogP contribution in [0.3, 0.4) is 0 Å². The van der Waals surface area contributed by atoms with Crippen LogP contribution in [-0.4, -0.2) is 48.8 Å². The van der Waals surface area contributed by atoms with Crippen LogP contribution in [0.1, 0.15) is 29.8 Å². The smallest absolute Gasteiger partial charge is 0.335 e. The van der Waals surface area contributed by atoms with Crippen molar-refractivity contribution in [3.8, 4) is 0 Å². The highest BCUT2D eigenvalue weighted by molar-refractivity contribution is 5.89. The highest BCUT2D eigenvalue weighted by Crippen LogP contribution is 2.10. The summed E-state index contributed by atoms with van der Waals surface area (Å²) in [6.07, 6.45) is 0.732. The molecule has 1 unspecified atom stereocenters. The van der Waals surface area contributed by atoms with E-state index in [0.717, 1.165) is 25.1 Å². The fourth-order valence-corrected chi connectivity index (χ4v) is 1.88. The molecule has 0 fully saturated rings. The van der Waals surface area contributed by atoms with Crippen molar-refractivity contribution in [2.45, 2.75) is 26.3 Å². The van der Waals surface area contributed by atoms with E-state index in [4.69, 9.17) is 9.84 Å². The van der Waals surface area contributed by atoms with E-state index in [-0.39, 0.29) is 0 Å². The van der Waals surface area contributed by atoms with Gasteiger partial charge in [-0.1, -0.05) is 18.2 Å². The van der Waals surface area contributed by atoms with Crippen LogP contribution in [0.2, 0.25) is 0 Å². The first-order chi connectivity index (χ1) is 9.06. The SMILES string of the molecule is CCOCC(C)N(C)CCc1ccccc1C(=O)O. The molecule has 1 N–H and O–H groups in total. The molecule has 0 heterocycles. The van der Waals surface area contributed by atoms with E-state index < -0.39 is 5.97 Å². The Hall–Kier alpha value is -1.39. The van der Waals surface area contributed by atoms with Crippen molar-refractivity contribution in [3.05, 3.63) is 35.4 Å². The summed E-state index contributed by atoms with van der Waals surface area (Å²) < 4.78 is 5.39. The van der Waals surface area contributed by atoms with Gasteiger partial charge in [-0.2, -0.15) is 0 Å². The summed E-state index contributed by atoms with van der Waals surface area (Å²) in [5.41, 5.74) is 1.28. The molecule has 19 heavy (non-hydrogen) atoms. The van der Waals surface area contributed by atoms with Crippen molar-refractivity contribution in [1.29, 1.82) is 0 Å². The molecule has 1 rings (SSSR count). The van der Waals surface area contributed by atoms with Crippen LogP contribution < -0.4 is 0 Å². The lowest BCUT2D eigenvalue weighted by Crippen LogP contribution is -2.34. The van der Waals surface area contributed by atoms with Crippen LogP contribution in [0.25, 0.3) is 0 Å². The summed E-state index contributed by atoms with van der Waals surface area (Å²) in [5, 5.41) is 9.12. The Labute approximate surface area is 115 Å². The molecule has 0 bridgehead atoms. The molecule has 0 aliphatic heterocycles. The van der Waals surface area contributed by atoms with E-state index in [1.54, 1.807) is 12.1 Å². The number of nitrogens with zero attached hydrogens (tertiary/aromatic N) is 1. The topological polar surface area (TPSA) is 49.8 Å². The molecule has 0 radical (unpaired) electrons. The van der Waals surface area contributed by atoms with Gasteiger partial charge in [0.1, 0.15) is 0 Å². The first kappa shape index (κ1) is 15.7. The van der Waals surface area contributed by atoms with Gasteiger partial charge in [-0.15, -0.1) is 0 Å². The van der Waals surface area contributed by atoms with Crippen LogP contribution in [-0.2, 0) is 11.2 Å². The number of aromatic carboxylic acids is 1. The van der Waals surface area contributed by atoms with Gasteiger partial charge in [0.25, 0.3) is 0 Å². The van der Waals surface area contributed by atoms with Crippen LogP contribution in [0.5, 0.6) is 0 Å². The third kappa shape index (κ3) is 5.01. The first-order valence-corrected chi connectivity index (χ1v) is 6.65. The van der Waals surface area contributed by atoms with Crippen LogP contribution in [0, 0.1) is 0 Å². The molecule has 0 saturated carbocycles. The molecule has 1 aromatic rings. The number of carboxylic acids is 1. The maximum Gasteiger partial charge on any atom is 0.335 e. The van der Waals surface area contributed by atoms with Crippen molar-refractivity contribution < 1.29 is 14.6 Å². The third-order valence-corrected chi connectivity index (χ3v) is 3.30. The van der Waals surface area contributed by atoms with Gasteiger partial charge in [0.05, 0.1) is 12.2 Å². The highest BCUT2D eigenvalue weighted by atomic mass is 16.5. The minimum atomic E-state index is -0.861. The maximum absolute atomic E-state index is 11.1. The van der Waals surface area contributed by atoms with Crippen LogP contribution >= 0.6 is 0 Å². The molecule has 0 aromatic heterocycles. The Morgan fingerprint density at radius 3 is 2.74 bits per heavy atom. The van der Waals surface area contributed by atoms with Crippen molar-refractivity contribution in [2.75, 3.05) is 26.8 Å². The summed E-state index contributed by atoms with van der Waals surface area (Å²) in [5.74, 6) is -0.861. The number of hydrogen-bond acceptors (Lipinski definition) is 3. The lowest BCUT2D eigenvalue weighted by molar-refractivity contribution is 0.0694. The molecule has 4 nitrogen and oxygen atoms in total. The molecular weight excluding hydrogens is 242 g/mol. The Morgan fingerprint density at radius 1 is 1.42 bits per heavy atom.